The fourth-order valence-corrected chi connectivity index (χ4v) is 6.04. The Balaban J connectivity index is 2.05. The van der Waals surface area contributed by atoms with Gasteiger partial charge in [0.1, 0.15) is 10.8 Å². The van der Waals surface area contributed by atoms with Crippen molar-refractivity contribution < 1.29 is 27.1 Å². The number of ether oxygens (including phenoxy) is 2. The molecule has 184 valence electrons. The van der Waals surface area contributed by atoms with E-state index in [4.69, 9.17) is 9.47 Å². The van der Waals surface area contributed by atoms with Crippen molar-refractivity contribution in [2.45, 2.75) is 31.8 Å². The summed E-state index contributed by atoms with van der Waals surface area (Å²) < 4.78 is 54.8. The summed E-state index contributed by atoms with van der Waals surface area (Å²) in [5.74, 6) is -0.552. The van der Waals surface area contributed by atoms with Gasteiger partial charge in [0.15, 0.2) is 0 Å². The van der Waals surface area contributed by atoms with E-state index in [1.807, 2.05) is 0 Å². The first kappa shape index (κ1) is 25.9. The maximum atomic E-state index is 14.9. The van der Waals surface area contributed by atoms with Gasteiger partial charge in [0.05, 0.1) is 29.5 Å². The Morgan fingerprint density at radius 2 is 2.03 bits per heavy atom. The summed E-state index contributed by atoms with van der Waals surface area (Å²) in [6, 6.07) is 5.58. The van der Waals surface area contributed by atoms with Gasteiger partial charge < -0.3 is 14.0 Å². The molecule has 1 atom stereocenters. The number of rotatable bonds is 10. The summed E-state index contributed by atoms with van der Waals surface area (Å²) in [6.07, 6.45) is 1.58. The highest BCUT2D eigenvalue weighted by Crippen LogP contribution is 2.39. The van der Waals surface area contributed by atoms with Crippen LogP contribution in [-0.2, 0) is 36.3 Å². The molecule has 2 heterocycles. The number of aryl methyl sites for hydroxylation is 1. The van der Waals surface area contributed by atoms with E-state index in [2.05, 4.69) is 4.98 Å². The van der Waals surface area contributed by atoms with E-state index < -0.39 is 20.8 Å². The molecule has 0 saturated heterocycles. The van der Waals surface area contributed by atoms with Gasteiger partial charge in [-0.05, 0) is 39.0 Å². The summed E-state index contributed by atoms with van der Waals surface area (Å²) >= 11 is 0.952. The number of benzene rings is 1. The number of thiazole rings is 1. The van der Waals surface area contributed by atoms with Gasteiger partial charge in [0.2, 0.25) is 16.9 Å². The number of halogens is 1. The van der Waals surface area contributed by atoms with Crippen molar-refractivity contribution in [3.8, 4) is 11.1 Å². The average molecular weight is 512 g/mol. The SMILES string of the molecule is COC(C)(c1nc2cc(-c3ccc(=O)n(C)c3)c(F)cc2s1)S(=O)(=O)N(C=O)CCOC(C)C. The number of aromatic nitrogens is 2. The zero-order chi connectivity index (χ0) is 25.3. The molecule has 1 unspecified atom stereocenters. The maximum Gasteiger partial charge on any atom is 0.273 e. The van der Waals surface area contributed by atoms with Crippen molar-refractivity contribution in [2.24, 2.45) is 7.05 Å². The minimum Gasteiger partial charge on any atom is -0.377 e. The topological polar surface area (TPSA) is 108 Å². The van der Waals surface area contributed by atoms with Crippen LogP contribution in [0.3, 0.4) is 0 Å². The van der Waals surface area contributed by atoms with Gasteiger partial charge >= 0.3 is 0 Å². The van der Waals surface area contributed by atoms with Crippen LogP contribution >= 0.6 is 11.3 Å². The summed E-state index contributed by atoms with van der Waals surface area (Å²) in [6.45, 7) is 4.71. The van der Waals surface area contributed by atoms with Crippen LogP contribution in [0.4, 0.5) is 4.39 Å². The monoisotopic (exact) mass is 511 g/mol. The molecule has 34 heavy (non-hydrogen) atoms. The molecule has 12 heteroatoms. The molecular weight excluding hydrogens is 485 g/mol. The number of amides is 1. The maximum absolute atomic E-state index is 14.9. The first-order valence-electron chi connectivity index (χ1n) is 10.4. The van der Waals surface area contributed by atoms with E-state index in [1.165, 1.54) is 49.1 Å². The highest BCUT2D eigenvalue weighted by Gasteiger charge is 2.47. The number of sulfonamides is 1. The van der Waals surface area contributed by atoms with Gasteiger partial charge in [-0.15, -0.1) is 11.3 Å². The third kappa shape index (κ3) is 4.76. The van der Waals surface area contributed by atoms with E-state index in [9.17, 15) is 22.4 Å². The zero-order valence-corrected chi connectivity index (χ0v) is 21.1. The summed E-state index contributed by atoms with van der Waals surface area (Å²) in [4.78, 5) is 25.7. The first-order chi connectivity index (χ1) is 15.9. The lowest BCUT2D eigenvalue weighted by Crippen LogP contribution is -2.46. The van der Waals surface area contributed by atoms with Gasteiger partial charge in [-0.3, -0.25) is 9.59 Å². The van der Waals surface area contributed by atoms with E-state index in [1.54, 1.807) is 20.9 Å². The summed E-state index contributed by atoms with van der Waals surface area (Å²) in [5, 5.41) is 0.0404. The van der Waals surface area contributed by atoms with Crippen molar-refractivity contribution in [3.05, 3.63) is 51.6 Å². The molecule has 0 radical (unpaired) electrons. The minimum absolute atomic E-state index is 0.0173. The Labute approximate surface area is 200 Å². The molecule has 0 fully saturated rings. The fourth-order valence-electron chi connectivity index (χ4n) is 3.25. The molecule has 0 aliphatic carbocycles. The molecular formula is C22H26FN3O6S2. The lowest BCUT2D eigenvalue weighted by molar-refractivity contribution is -0.115. The van der Waals surface area contributed by atoms with Gasteiger partial charge in [-0.1, -0.05) is 0 Å². The molecule has 3 rings (SSSR count). The third-order valence-electron chi connectivity index (χ3n) is 5.33. The molecule has 2 aromatic heterocycles. The van der Waals surface area contributed by atoms with Gasteiger partial charge in [0, 0.05) is 37.5 Å². The Hall–Kier alpha value is -2.67. The average Bonchev–Trinajstić information content (AvgIpc) is 3.20. The van der Waals surface area contributed by atoms with Gasteiger partial charge in [-0.2, -0.15) is 0 Å². The van der Waals surface area contributed by atoms with Crippen LogP contribution in [0, 0.1) is 5.82 Å². The van der Waals surface area contributed by atoms with Crippen LogP contribution < -0.4 is 5.56 Å². The molecule has 1 amide bonds. The van der Waals surface area contributed by atoms with E-state index in [0.717, 1.165) is 11.3 Å². The number of nitrogens with zero attached hydrogens (tertiary/aromatic N) is 3. The van der Waals surface area contributed by atoms with Gasteiger partial charge in [0.25, 0.3) is 10.0 Å². The Kier molecular flexibility index (Phi) is 7.56. The second kappa shape index (κ2) is 9.90. The molecule has 1 aromatic carbocycles. The van der Waals surface area contributed by atoms with Crippen LogP contribution in [-0.4, -0.2) is 55.0 Å². The van der Waals surface area contributed by atoms with Crippen molar-refractivity contribution in [1.29, 1.82) is 0 Å². The first-order valence-corrected chi connectivity index (χ1v) is 12.6. The number of hydrogen-bond donors (Lipinski definition) is 0. The second-order valence-electron chi connectivity index (χ2n) is 7.98. The van der Waals surface area contributed by atoms with Crippen LogP contribution in [0.25, 0.3) is 21.3 Å². The molecule has 0 saturated carbocycles. The number of hydrogen-bond acceptors (Lipinski definition) is 8. The largest absolute Gasteiger partial charge is 0.377 e. The Morgan fingerprint density at radius 3 is 2.62 bits per heavy atom. The van der Waals surface area contributed by atoms with Crippen LogP contribution in [0.5, 0.6) is 0 Å². The highest BCUT2D eigenvalue weighted by molar-refractivity contribution is 7.90. The number of methoxy groups -OCH3 is 1. The molecule has 9 nitrogen and oxygen atoms in total. The smallest absolute Gasteiger partial charge is 0.273 e. The Bertz CT molecular complexity index is 1370. The quantitative estimate of drug-likeness (QED) is 0.385. The standard InChI is InChI=1S/C22H26FN3O6S2/c1-14(2)32-9-8-26(13-27)34(29,30)22(3,31-5)21-24-18-10-16(17(23)11-19(18)33-21)15-6-7-20(28)25(4)12-15/h6-7,10-14H,8-9H2,1-5H3. The minimum atomic E-state index is -4.37. The predicted molar refractivity (Wildman–Crippen MR) is 127 cm³/mol. The molecule has 0 aliphatic rings. The fraction of sp³-hybridized carbons (Fsp3) is 0.409. The van der Waals surface area contributed by atoms with Crippen LogP contribution in [0.2, 0.25) is 0 Å². The van der Waals surface area contributed by atoms with Crippen LogP contribution in [0.1, 0.15) is 25.8 Å². The highest BCUT2D eigenvalue weighted by atomic mass is 32.2. The Morgan fingerprint density at radius 1 is 1.32 bits per heavy atom. The summed E-state index contributed by atoms with van der Waals surface area (Å²) in [7, 11) is -1.60. The summed E-state index contributed by atoms with van der Waals surface area (Å²) in [5.41, 5.74) is 0.794. The molecule has 0 spiro atoms. The number of fused-ring (bicyclic) bond motifs is 1. The second-order valence-corrected chi connectivity index (χ2v) is 11.2. The number of carbonyl (C=O) groups is 1. The number of pyridine rings is 1. The molecule has 0 N–H and O–H groups in total. The van der Waals surface area contributed by atoms with Crippen LogP contribution in [0.15, 0.2) is 35.3 Å². The van der Waals surface area contributed by atoms with E-state index in [-0.39, 0.29) is 41.8 Å². The van der Waals surface area contributed by atoms with Crippen molar-refractivity contribution in [3.63, 3.8) is 0 Å². The molecule has 3 aromatic rings. The third-order valence-corrected chi connectivity index (χ3v) is 8.91. The molecule has 0 aliphatic heterocycles. The van der Waals surface area contributed by atoms with Crippen molar-refractivity contribution >= 4 is 38.0 Å². The zero-order valence-electron chi connectivity index (χ0n) is 19.4. The van der Waals surface area contributed by atoms with Crippen molar-refractivity contribution in [1.82, 2.24) is 13.9 Å². The predicted octanol–water partition coefficient (Wildman–Crippen LogP) is 2.83. The normalized spacial score (nSPS) is 13.9. The van der Waals surface area contributed by atoms with E-state index in [0.29, 0.717) is 20.1 Å². The lowest BCUT2D eigenvalue weighted by Gasteiger charge is -2.30. The van der Waals surface area contributed by atoms with Crippen molar-refractivity contribution in [2.75, 3.05) is 20.3 Å². The number of carbonyl (C=O) groups excluding carboxylic acids is 1. The lowest BCUT2D eigenvalue weighted by atomic mass is 10.1. The molecule has 0 bridgehead atoms. The van der Waals surface area contributed by atoms with E-state index >= 15 is 0 Å². The van der Waals surface area contributed by atoms with Gasteiger partial charge in [-0.25, -0.2) is 22.1 Å².